The number of aromatic nitrogens is 3. The van der Waals surface area contributed by atoms with Crippen LogP contribution in [0, 0.1) is 11.8 Å². The Bertz CT molecular complexity index is 1130. The number of rotatable bonds is 8. The summed E-state index contributed by atoms with van der Waals surface area (Å²) in [5, 5.41) is 16.0. The quantitative estimate of drug-likeness (QED) is 0.400. The molecule has 35 heavy (non-hydrogen) atoms. The minimum atomic E-state index is -1.44. The lowest BCUT2D eigenvalue weighted by atomic mass is 9.82. The van der Waals surface area contributed by atoms with Crippen LogP contribution in [0.1, 0.15) is 57.7 Å². The van der Waals surface area contributed by atoms with Crippen molar-refractivity contribution in [2.24, 2.45) is 11.8 Å². The first kappa shape index (κ1) is 24.9. The number of thiazole rings is 1. The van der Waals surface area contributed by atoms with Crippen LogP contribution in [-0.4, -0.2) is 38.0 Å². The molecule has 0 radical (unpaired) electrons. The lowest BCUT2D eigenvalue weighted by Gasteiger charge is -2.32. The molecule has 1 aliphatic carbocycles. The van der Waals surface area contributed by atoms with Crippen LogP contribution in [0.15, 0.2) is 41.4 Å². The Kier molecular flexibility index (Phi) is 7.85. The highest BCUT2D eigenvalue weighted by molar-refractivity contribution is 7.07. The number of anilines is 1. The van der Waals surface area contributed by atoms with E-state index in [4.69, 9.17) is 4.74 Å². The Morgan fingerprint density at radius 1 is 1.17 bits per heavy atom. The number of carboxylic acid groups (broad SMARTS) is 1. The molecule has 1 saturated carbocycles. The summed E-state index contributed by atoms with van der Waals surface area (Å²) in [4.78, 5) is 30.8. The highest BCUT2D eigenvalue weighted by Gasteiger charge is 2.34. The third-order valence-electron chi connectivity index (χ3n) is 6.56. The maximum atomic E-state index is 13.5. The van der Waals surface area contributed by atoms with E-state index in [1.165, 1.54) is 11.8 Å². The number of aryl methyl sites for hydroxylation is 2. The highest BCUT2D eigenvalue weighted by Crippen LogP contribution is 2.35. The number of carbonyl (C=O) groups is 2. The topological polar surface area (TPSA) is 97.6 Å². The molecule has 1 amide bonds. The van der Waals surface area contributed by atoms with Crippen molar-refractivity contribution in [3.63, 3.8) is 0 Å². The predicted molar refractivity (Wildman–Crippen MR) is 135 cm³/mol. The standard InChI is InChI=1S/C26H32N4O4S/c1-17(2)30(25(31)20-9-4-18(3)5-10-20)24-23(34-26(32)33)14-29(28-24)22-12-7-19(8-13-22)6-11-21-15-35-16-27-21/h7-8,12-18,20H,4-6,9-11H2,1-3H3,(H,32,33)/t18-,20-. The van der Waals surface area contributed by atoms with Crippen molar-refractivity contribution in [1.82, 2.24) is 14.8 Å². The third kappa shape index (κ3) is 6.08. The SMILES string of the molecule is CC(C)N(c1nn(-c2ccc(CCc3cscn3)cc2)cc1OC(=O)O)C(=O)[C@H]1CC[C@H](C)CC1. The normalized spacial score (nSPS) is 17.9. The Morgan fingerprint density at radius 3 is 2.49 bits per heavy atom. The smallest absolute Gasteiger partial charge is 0.449 e. The molecule has 0 saturated heterocycles. The fourth-order valence-corrected chi connectivity index (χ4v) is 5.16. The van der Waals surface area contributed by atoms with Crippen molar-refractivity contribution in [3.8, 4) is 11.4 Å². The van der Waals surface area contributed by atoms with Gasteiger partial charge in [0.1, 0.15) is 0 Å². The molecule has 0 aliphatic heterocycles. The van der Waals surface area contributed by atoms with Gasteiger partial charge in [-0.05, 0) is 76.0 Å². The zero-order valence-corrected chi connectivity index (χ0v) is 21.2. The first-order valence-corrected chi connectivity index (χ1v) is 13.1. The van der Waals surface area contributed by atoms with Crippen molar-refractivity contribution < 1.29 is 19.4 Å². The van der Waals surface area contributed by atoms with Crippen LogP contribution in [0.2, 0.25) is 0 Å². The minimum Gasteiger partial charge on any atom is -0.449 e. The Labute approximate surface area is 209 Å². The monoisotopic (exact) mass is 496 g/mol. The number of nitrogens with zero attached hydrogens (tertiary/aromatic N) is 4. The van der Waals surface area contributed by atoms with E-state index in [2.05, 4.69) is 22.4 Å². The third-order valence-corrected chi connectivity index (χ3v) is 7.20. The molecule has 2 heterocycles. The van der Waals surface area contributed by atoms with Crippen LogP contribution in [0.3, 0.4) is 0 Å². The molecule has 1 N–H and O–H groups in total. The van der Waals surface area contributed by atoms with Gasteiger partial charge in [-0.1, -0.05) is 19.1 Å². The summed E-state index contributed by atoms with van der Waals surface area (Å²) >= 11 is 1.59. The molecule has 2 aromatic heterocycles. The molecular weight excluding hydrogens is 464 g/mol. The fraction of sp³-hybridized carbons (Fsp3) is 0.462. The molecule has 8 nitrogen and oxygen atoms in total. The second-order valence-corrected chi connectivity index (χ2v) is 10.3. The zero-order valence-electron chi connectivity index (χ0n) is 20.4. The molecule has 9 heteroatoms. The lowest BCUT2D eigenvalue weighted by Crippen LogP contribution is -2.42. The maximum absolute atomic E-state index is 13.5. The summed E-state index contributed by atoms with van der Waals surface area (Å²) < 4.78 is 6.64. The van der Waals surface area contributed by atoms with E-state index in [9.17, 15) is 14.7 Å². The van der Waals surface area contributed by atoms with Crippen LogP contribution in [-0.2, 0) is 17.6 Å². The number of ether oxygens (including phenoxy) is 1. The van der Waals surface area contributed by atoms with E-state index in [-0.39, 0.29) is 29.4 Å². The van der Waals surface area contributed by atoms with Gasteiger partial charge in [0, 0.05) is 17.3 Å². The van der Waals surface area contributed by atoms with Gasteiger partial charge in [0.05, 0.1) is 23.1 Å². The van der Waals surface area contributed by atoms with E-state index in [0.29, 0.717) is 5.92 Å². The summed E-state index contributed by atoms with van der Waals surface area (Å²) in [6, 6.07) is 7.71. The fourth-order valence-electron chi connectivity index (χ4n) is 4.57. The van der Waals surface area contributed by atoms with Gasteiger partial charge in [-0.2, -0.15) is 0 Å². The van der Waals surface area contributed by atoms with Crippen LogP contribution in [0.4, 0.5) is 10.6 Å². The van der Waals surface area contributed by atoms with Gasteiger partial charge < -0.3 is 9.84 Å². The average molecular weight is 497 g/mol. The molecule has 0 unspecified atom stereocenters. The summed E-state index contributed by atoms with van der Waals surface area (Å²) in [6.07, 6.45) is 5.54. The summed E-state index contributed by atoms with van der Waals surface area (Å²) in [5.41, 5.74) is 4.84. The van der Waals surface area contributed by atoms with Crippen molar-refractivity contribution in [2.75, 3.05) is 4.90 Å². The molecule has 186 valence electrons. The number of carbonyl (C=O) groups excluding carboxylic acids is 1. The molecule has 4 rings (SSSR count). The van der Waals surface area contributed by atoms with E-state index in [1.807, 2.05) is 43.6 Å². The second kappa shape index (κ2) is 11.0. The summed E-state index contributed by atoms with van der Waals surface area (Å²) in [6.45, 7) is 6.03. The van der Waals surface area contributed by atoms with Crippen molar-refractivity contribution in [2.45, 2.75) is 65.3 Å². The largest absolute Gasteiger partial charge is 0.511 e. The molecular formula is C26H32N4O4S. The van der Waals surface area contributed by atoms with E-state index in [1.54, 1.807) is 20.9 Å². The molecule has 1 fully saturated rings. The predicted octanol–water partition coefficient (Wildman–Crippen LogP) is 5.74. The van der Waals surface area contributed by atoms with Crippen molar-refractivity contribution >= 4 is 29.2 Å². The second-order valence-electron chi connectivity index (χ2n) is 9.53. The van der Waals surface area contributed by atoms with Gasteiger partial charge >= 0.3 is 6.16 Å². The minimum absolute atomic E-state index is 0.0234. The first-order chi connectivity index (χ1) is 16.8. The van der Waals surface area contributed by atoms with Gasteiger partial charge in [-0.25, -0.2) is 14.5 Å². The van der Waals surface area contributed by atoms with E-state index < -0.39 is 6.16 Å². The Morgan fingerprint density at radius 2 is 1.89 bits per heavy atom. The molecule has 1 aromatic carbocycles. The number of amides is 1. The van der Waals surface area contributed by atoms with Crippen molar-refractivity contribution in [1.29, 1.82) is 0 Å². The highest BCUT2D eigenvalue weighted by atomic mass is 32.1. The number of benzene rings is 1. The first-order valence-electron chi connectivity index (χ1n) is 12.1. The maximum Gasteiger partial charge on any atom is 0.511 e. The zero-order chi connectivity index (χ0) is 24.9. The molecule has 3 aromatic rings. The van der Waals surface area contributed by atoms with Gasteiger partial charge in [0.2, 0.25) is 11.7 Å². The van der Waals surface area contributed by atoms with E-state index >= 15 is 0 Å². The van der Waals surface area contributed by atoms with Gasteiger partial charge in [-0.15, -0.1) is 16.4 Å². The Hall–Kier alpha value is -3.20. The van der Waals surface area contributed by atoms with Gasteiger partial charge in [0.25, 0.3) is 0 Å². The molecule has 0 atom stereocenters. The Balaban J connectivity index is 1.58. The summed E-state index contributed by atoms with van der Waals surface area (Å²) in [5.74, 6) is 0.800. The summed E-state index contributed by atoms with van der Waals surface area (Å²) in [7, 11) is 0. The van der Waals surface area contributed by atoms with Gasteiger partial charge in [-0.3, -0.25) is 9.69 Å². The molecule has 0 spiro atoms. The van der Waals surface area contributed by atoms with Crippen LogP contribution in [0.25, 0.3) is 5.69 Å². The van der Waals surface area contributed by atoms with E-state index in [0.717, 1.165) is 49.9 Å². The van der Waals surface area contributed by atoms with Crippen LogP contribution in [0.5, 0.6) is 5.75 Å². The average Bonchev–Trinajstić information content (AvgIpc) is 3.49. The van der Waals surface area contributed by atoms with Crippen molar-refractivity contribution in [3.05, 3.63) is 52.6 Å². The van der Waals surface area contributed by atoms with Crippen LogP contribution < -0.4 is 9.64 Å². The molecule has 1 aliphatic rings. The number of hydrogen-bond donors (Lipinski definition) is 1. The van der Waals surface area contributed by atoms with Gasteiger partial charge in [0.15, 0.2) is 5.75 Å². The molecule has 0 bridgehead atoms. The lowest BCUT2D eigenvalue weighted by molar-refractivity contribution is -0.124. The number of hydrogen-bond acceptors (Lipinski definition) is 6. The van der Waals surface area contributed by atoms with Crippen LogP contribution >= 0.6 is 11.3 Å².